The van der Waals surface area contributed by atoms with E-state index in [9.17, 15) is 4.79 Å². The van der Waals surface area contributed by atoms with Crippen molar-refractivity contribution in [3.63, 3.8) is 0 Å². The first-order chi connectivity index (χ1) is 17.5. The summed E-state index contributed by atoms with van der Waals surface area (Å²) in [6, 6.07) is 15.3. The number of piperidine rings is 2. The van der Waals surface area contributed by atoms with Gasteiger partial charge in [-0.2, -0.15) is 0 Å². The van der Waals surface area contributed by atoms with Gasteiger partial charge in [0.05, 0.1) is 28.8 Å². The number of carbonyl (C=O) groups excluding carboxylic acids is 1. The number of amides is 1. The largest absolute Gasteiger partial charge is 0.338 e. The van der Waals surface area contributed by atoms with Crippen LogP contribution in [0.15, 0.2) is 61.2 Å². The molecule has 0 saturated carbocycles. The fourth-order valence-corrected chi connectivity index (χ4v) is 5.89. The standard InChI is InChI=1S/C29H36N6O/c1-22-27(23(2)32-21-31-22)28(36)33-18-13-29(3,14-19-33)34-16-11-25(12-17-34)35(24-8-5-4-6-9-24)26-10-7-15-30-20-26/h4-10,15,20-21,25H,11-14,16-19H2,1-3H3. The van der Waals surface area contributed by atoms with Crippen LogP contribution in [0.25, 0.3) is 0 Å². The van der Waals surface area contributed by atoms with E-state index in [-0.39, 0.29) is 11.4 Å². The fourth-order valence-electron chi connectivity index (χ4n) is 5.89. The maximum atomic E-state index is 13.2. The average Bonchev–Trinajstić information content (AvgIpc) is 2.91. The van der Waals surface area contributed by atoms with Gasteiger partial charge < -0.3 is 9.80 Å². The molecule has 1 amide bonds. The van der Waals surface area contributed by atoms with Gasteiger partial charge in [0.1, 0.15) is 6.33 Å². The maximum Gasteiger partial charge on any atom is 0.257 e. The van der Waals surface area contributed by atoms with Crippen molar-refractivity contribution in [3.8, 4) is 0 Å². The number of carbonyl (C=O) groups is 1. The molecular weight excluding hydrogens is 448 g/mol. The van der Waals surface area contributed by atoms with Crippen LogP contribution in [-0.2, 0) is 0 Å². The Morgan fingerprint density at radius 3 is 2.17 bits per heavy atom. The molecule has 0 unspecified atom stereocenters. The Hall–Kier alpha value is -3.32. The number of aromatic nitrogens is 3. The lowest BCUT2D eigenvalue weighted by Gasteiger charge is -2.50. The second-order valence-corrected chi connectivity index (χ2v) is 10.3. The summed E-state index contributed by atoms with van der Waals surface area (Å²) in [4.78, 5) is 33.2. The quantitative estimate of drug-likeness (QED) is 0.519. The molecule has 0 atom stereocenters. The molecule has 5 rings (SSSR count). The first-order valence-electron chi connectivity index (χ1n) is 13.0. The van der Waals surface area contributed by atoms with Crippen LogP contribution in [0.2, 0.25) is 0 Å². The molecule has 4 heterocycles. The zero-order valence-corrected chi connectivity index (χ0v) is 21.6. The van der Waals surface area contributed by atoms with Crippen LogP contribution in [0.1, 0.15) is 54.4 Å². The van der Waals surface area contributed by atoms with Crippen LogP contribution < -0.4 is 4.90 Å². The van der Waals surface area contributed by atoms with Gasteiger partial charge >= 0.3 is 0 Å². The Morgan fingerprint density at radius 2 is 1.56 bits per heavy atom. The van der Waals surface area contributed by atoms with Crippen molar-refractivity contribution < 1.29 is 4.79 Å². The molecular formula is C29H36N6O. The van der Waals surface area contributed by atoms with E-state index in [0.29, 0.717) is 11.6 Å². The predicted octanol–water partition coefficient (Wildman–Crippen LogP) is 4.79. The predicted molar refractivity (Wildman–Crippen MR) is 142 cm³/mol. The van der Waals surface area contributed by atoms with Crippen LogP contribution in [0.5, 0.6) is 0 Å². The minimum atomic E-state index is 0.0707. The summed E-state index contributed by atoms with van der Waals surface area (Å²) in [6.45, 7) is 9.83. The Labute approximate surface area is 214 Å². The number of benzene rings is 1. The van der Waals surface area contributed by atoms with Gasteiger partial charge in [-0.3, -0.25) is 14.7 Å². The number of anilines is 2. The van der Waals surface area contributed by atoms with Gasteiger partial charge in [-0.05, 0) is 70.7 Å². The molecule has 2 fully saturated rings. The second kappa shape index (κ2) is 10.3. The number of hydrogen-bond donors (Lipinski definition) is 0. The van der Waals surface area contributed by atoms with Gasteiger partial charge in [0, 0.05) is 49.6 Å². The first kappa shape index (κ1) is 24.4. The van der Waals surface area contributed by atoms with Crippen molar-refractivity contribution in [1.82, 2.24) is 24.8 Å². The molecule has 0 N–H and O–H groups in total. The fraction of sp³-hybridized carbons (Fsp3) is 0.448. The second-order valence-electron chi connectivity index (χ2n) is 10.3. The summed E-state index contributed by atoms with van der Waals surface area (Å²) in [5.74, 6) is 0.0707. The van der Waals surface area contributed by atoms with Crippen molar-refractivity contribution in [2.24, 2.45) is 0 Å². The van der Waals surface area contributed by atoms with Gasteiger partial charge in [0.15, 0.2) is 0 Å². The molecule has 2 saturated heterocycles. The molecule has 0 bridgehead atoms. The lowest BCUT2D eigenvalue weighted by atomic mass is 9.85. The van der Waals surface area contributed by atoms with E-state index in [1.165, 1.54) is 12.0 Å². The zero-order chi connectivity index (χ0) is 25.1. The Kier molecular flexibility index (Phi) is 7.01. The normalized spacial score (nSPS) is 18.7. The topological polar surface area (TPSA) is 65.5 Å². The number of rotatable bonds is 5. The maximum absolute atomic E-state index is 13.2. The van der Waals surface area contributed by atoms with Crippen LogP contribution in [-0.4, -0.2) is 68.4 Å². The number of pyridine rings is 1. The molecule has 0 spiro atoms. The third kappa shape index (κ3) is 4.85. The monoisotopic (exact) mass is 484 g/mol. The molecule has 7 heteroatoms. The minimum absolute atomic E-state index is 0.0707. The van der Waals surface area contributed by atoms with E-state index in [0.717, 1.165) is 68.9 Å². The number of para-hydroxylation sites is 1. The third-order valence-corrected chi connectivity index (χ3v) is 8.12. The number of nitrogens with zero attached hydrogens (tertiary/aromatic N) is 6. The van der Waals surface area contributed by atoms with E-state index in [1.54, 1.807) is 0 Å². The number of likely N-dealkylation sites (tertiary alicyclic amines) is 2. The van der Waals surface area contributed by atoms with Gasteiger partial charge in [0.25, 0.3) is 5.91 Å². The Bertz CT molecular complexity index is 1110. The zero-order valence-electron chi connectivity index (χ0n) is 21.6. The molecule has 2 aromatic heterocycles. The van der Waals surface area contributed by atoms with Gasteiger partial charge in [-0.1, -0.05) is 18.2 Å². The highest BCUT2D eigenvalue weighted by Gasteiger charge is 2.40. The molecule has 3 aromatic rings. The summed E-state index contributed by atoms with van der Waals surface area (Å²) in [6.07, 6.45) is 9.50. The molecule has 0 aliphatic carbocycles. The molecule has 7 nitrogen and oxygen atoms in total. The van der Waals surface area contributed by atoms with Crippen molar-refractivity contribution in [3.05, 3.63) is 78.1 Å². The Balaban J connectivity index is 1.24. The Morgan fingerprint density at radius 1 is 0.917 bits per heavy atom. The number of aryl methyl sites for hydroxylation is 2. The van der Waals surface area contributed by atoms with Crippen molar-refractivity contribution in [2.45, 2.75) is 58.0 Å². The highest BCUT2D eigenvalue weighted by atomic mass is 16.2. The molecule has 188 valence electrons. The molecule has 1 aromatic carbocycles. The lowest BCUT2D eigenvalue weighted by Crippen LogP contribution is -2.58. The molecule has 2 aliphatic rings. The van der Waals surface area contributed by atoms with E-state index >= 15 is 0 Å². The van der Waals surface area contributed by atoms with Crippen molar-refractivity contribution in [2.75, 3.05) is 31.1 Å². The summed E-state index contributed by atoms with van der Waals surface area (Å²) in [5, 5.41) is 0. The smallest absolute Gasteiger partial charge is 0.257 e. The average molecular weight is 485 g/mol. The van der Waals surface area contributed by atoms with Crippen molar-refractivity contribution >= 4 is 17.3 Å². The SMILES string of the molecule is Cc1ncnc(C)c1C(=O)N1CCC(C)(N2CCC(N(c3ccccc3)c3cccnc3)CC2)CC1. The van der Waals surface area contributed by atoms with E-state index in [4.69, 9.17) is 0 Å². The van der Waals surface area contributed by atoms with Crippen LogP contribution in [0.3, 0.4) is 0 Å². The molecule has 0 radical (unpaired) electrons. The first-order valence-corrected chi connectivity index (χ1v) is 13.0. The van der Waals surface area contributed by atoms with Gasteiger partial charge in [-0.25, -0.2) is 9.97 Å². The van der Waals surface area contributed by atoms with Crippen LogP contribution in [0.4, 0.5) is 11.4 Å². The minimum Gasteiger partial charge on any atom is -0.338 e. The summed E-state index contributed by atoms with van der Waals surface area (Å²) in [7, 11) is 0. The van der Waals surface area contributed by atoms with Gasteiger partial charge in [0.2, 0.25) is 0 Å². The van der Waals surface area contributed by atoms with E-state index < -0.39 is 0 Å². The number of hydrogen-bond acceptors (Lipinski definition) is 6. The van der Waals surface area contributed by atoms with Crippen molar-refractivity contribution in [1.29, 1.82) is 0 Å². The molecule has 2 aliphatic heterocycles. The summed E-state index contributed by atoms with van der Waals surface area (Å²) in [5.41, 5.74) is 4.68. The lowest BCUT2D eigenvalue weighted by molar-refractivity contribution is 0.0176. The highest BCUT2D eigenvalue weighted by molar-refractivity contribution is 5.96. The third-order valence-electron chi connectivity index (χ3n) is 8.12. The van der Waals surface area contributed by atoms with E-state index in [1.807, 2.05) is 37.2 Å². The van der Waals surface area contributed by atoms with E-state index in [2.05, 4.69) is 68.1 Å². The molecule has 36 heavy (non-hydrogen) atoms. The summed E-state index contributed by atoms with van der Waals surface area (Å²) < 4.78 is 0. The summed E-state index contributed by atoms with van der Waals surface area (Å²) >= 11 is 0. The highest BCUT2D eigenvalue weighted by Crippen LogP contribution is 2.36. The van der Waals surface area contributed by atoms with Crippen LogP contribution >= 0.6 is 0 Å². The van der Waals surface area contributed by atoms with Gasteiger partial charge in [-0.15, -0.1) is 0 Å². The van der Waals surface area contributed by atoms with Crippen LogP contribution in [0, 0.1) is 13.8 Å².